The van der Waals surface area contributed by atoms with Crippen LogP contribution in [0, 0.1) is 18.3 Å². The zero-order chi connectivity index (χ0) is 29.5. The second kappa shape index (κ2) is 11.3. The van der Waals surface area contributed by atoms with Crippen LogP contribution in [0.15, 0.2) is 31.0 Å². The van der Waals surface area contributed by atoms with Crippen LogP contribution in [0.3, 0.4) is 0 Å². The Kier molecular flexibility index (Phi) is 7.54. The molecule has 0 bridgehead atoms. The molecule has 3 aliphatic heterocycles. The molecule has 42 heavy (non-hydrogen) atoms. The first-order valence-corrected chi connectivity index (χ1v) is 15.0. The molecule has 0 saturated carbocycles. The Balaban J connectivity index is 1.41. The van der Waals surface area contributed by atoms with Crippen LogP contribution in [0.2, 0.25) is 0 Å². The van der Waals surface area contributed by atoms with Crippen molar-refractivity contribution in [1.82, 2.24) is 25.0 Å². The van der Waals surface area contributed by atoms with E-state index in [4.69, 9.17) is 9.72 Å². The van der Waals surface area contributed by atoms with Gasteiger partial charge in [-0.25, -0.2) is 4.98 Å². The Hall–Kier alpha value is -4.10. The molecule has 1 amide bonds. The summed E-state index contributed by atoms with van der Waals surface area (Å²) in [5.74, 6) is 0.353. The van der Waals surface area contributed by atoms with Crippen LogP contribution in [0.1, 0.15) is 49.1 Å². The molecule has 3 aromatic rings. The molecule has 2 saturated heterocycles. The van der Waals surface area contributed by atoms with Gasteiger partial charge in [0.15, 0.2) is 0 Å². The largest absolute Gasteiger partial charge is 0.475 e. The SMILES string of the molecule is C=CC(=O)N1C[C@H](C)N(c2c(C#N)c(OC[C@@H]3CCCN3C)nc3c2CCN(c2c(C)ccc4[nH]ncc24)C3)C[C@H]1C. The molecule has 2 aromatic heterocycles. The number of fused-ring (bicyclic) bond motifs is 2. The third-order valence-corrected chi connectivity index (χ3v) is 9.33. The number of nitrogens with one attached hydrogen (secondary N) is 1. The number of carbonyl (C=O) groups is 1. The molecule has 1 N–H and O–H groups in total. The third-order valence-electron chi connectivity index (χ3n) is 9.33. The number of likely N-dealkylation sites (N-methyl/N-ethyl adjacent to an activating group) is 1. The lowest BCUT2D eigenvalue weighted by atomic mass is 9.95. The van der Waals surface area contributed by atoms with E-state index in [1.807, 2.05) is 11.1 Å². The molecule has 2 fully saturated rings. The van der Waals surface area contributed by atoms with Gasteiger partial charge in [-0.3, -0.25) is 9.89 Å². The van der Waals surface area contributed by atoms with E-state index in [0.717, 1.165) is 65.9 Å². The number of piperazine rings is 1. The van der Waals surface area contributed by atoms with E-state index in [9.17, 15) is 10.1 Å². The summed E-state index contributed by atoms with van der Waals surface area (Å²) in [7, 11) is 2.13. The van der Waals surface area contributed by atoms with Gasteiger partial charge >= 0.3 is 0 Å². The average molecular weight is 569 g/mol. The summed E-state index contributed by atoms with van der Waals surface area (Å²) < 4.78 is 6.43. The quantitative estimate of drug-likeness (QED) is 0.448. The molecule has 10 heteroatoms. The molecule has 0 spiro atoms. The normalized spacial score (nSPS) is 22.7. The van der Waals surface area contributed by atoms with Crippen molar-refractivity contribution < 1.29 is 9.53 Å². The van der Waals surface area contributed by atoms with Crippen LogP contribution in [0.25, 0.3) is 10.9 Å². The number of likely N-dealkylation sites (tertiary alicyclic amines) is 1. The van der Waals surface area contributed by atoms with Crippen molar-refractivity contribution in [1.29, 1.82) is 5.26 Å². The summed E-state index contributed by atoms with van der Waals surface area (Å²) in [6, 6.07) is 6.98. The van der Waals surface area contributed by atoms with Crippen molar-refractivity contribution in [2.75, 3.05) is 49.6 Å². The first kappa shape index (κ1) is 28.0. The van der Waals surface area contributed by atoms with Gasteiger partial charge in [-0.15, -0.1) is 0 Å². The summed E-state index contributed by atoms with van der Waals surface area (Å²) in [5, 5.41) is 19.1. The number of anilines is 2. The molecule has 10 nitrogen and oxygen atoms in total. The third kappa shape index (κ3) is 4.86. The second-order valence-electron chi connectivity index (χ2n) is 12.0. The number of rotatable bonds is 6. The lowest BCUT2D eigenvalue weighted by Gasteiger charge is -2.46. The minimum absolute atomic E-state index is 0.0115. The fraction of sp³-hybridized carbons (Fsp3) is 0.500. The van der Waals surface area contributed by atoms with Gasteiger partial charge in [0.25, 0.3) is 0 Å². The topological polar surface area (TPSA) is 105 Å². The molecular formula is C32H40N8O2. The number of nitrogens with zero attached hydrogens (tertiary/aromatic N) is 7. The van der Waals surface area contributed by atoms with Gasteiger partial charge in [-0.05, 0) is 71.3 Å². The maximum absolute atomic E-state index is 12.6. The number of hydrogen-bond donors (Lipinski definition) is 1. The monoisotopic (exact) mass is 568 g/mol. The van der Waals surface area contributed by atoms with Gasteiger partial charge in [0, 0.05) is 48.7 Å². The Morgan fingerprint density at radius 2 is 2.07 bits per heavy atom. The number of amides is 1. The van der Waals surface area contributed by atoms with Gasteiger partial charge in [0.05, 0.1) is 35.3 Å². The van der Waals surface area contributed by atoms with Crippen LogP contribution in [0.5, 0.6) is 5.88 Å². The number of nitriles is 1. The second-order valence-corrected chi connectivity index (χ2v) is 12.0. The highest BCUT2D eigenvalue weighted by Crippen LogP contribution is 2.41. The van der Waals surface area contributed by atoms with E-state index < -0.39 is 0 Å². The van der Waals surface area contributed by atoms with Crippen LogP contribution < -0.4 is 14.5 Å². The maximum atomic E-state index is 12.6. The number of pyridine rings is 1. The average Bonchev–Trinajstić information content (AvgIpc) is 3.64. The zero-order valence-electron chi connectivity index (χ0n) is 25.1. The number of aryl methyl sites for hydroxylation is 1. The highest BCUT2D eigenvalue weighted by molar-refractivity contribution is 5.93. The van der Waals surface area contributed by atoms with E-state index >= 15 is 0 Å². The molecule has 1 aromatic carbocycles. The fourth-order valence-electron chi connectivity index (χ4n) is 7.01. The first-order chi connectivity index (χ1) is 20.3. The molecule has 6 rings (SSSR count). The molecule has 0 unspecified atom stereocenters. The van der Waals surface area contributed by atoms with Crippen molar-refractivity contribution in [3.8, 4) is 11.9 Å². The first-order valence-electron chi connectivity index (χ1n) is 15.0. The number of aromatic nitrogens is 3. The van der Waals surface area contributed by atoms with Crippen LogP contribution >= 0.6 is 0 Å². The molecule has 5 heterocycles. The number of hydrogen-bond acceptors (Lipinski definition) is 8. The summed E-state index contributed by atoms with van der Waals surface area (Å²) >= 11 is 0. The molecule has 220 valence electrons. The van der Waals surface area contributed by atoms with E-state index in [1.54, 1.807) is 0 Å². The Morgan fingerprint density at radius 3 is 2.81 bits per heavy atom. The summed E-state index contributed by atoms with van der Waals surface area (Å²) in [5.41, 5.74) is 6.82. The predicted octanol–water partition coefficient (Wildman–Crippen LogP) is 3.79. The standard InChI is InChI=1S/C32H40N8O2/c1-6-29(41)39-16-22(4)40(17-21(39)3)31-24-11-13-38(30-20(2)9-10-27-26(30)15-34-36-27)18-28(24)35-32(25(31)14-33)42-19-23-8-7-12-37(23)5/h6,9-10,15,21-23H,1,7-8,11-13,16-19H2,2-5H3,(H,34,36)/t21-,22+,23+/m1/s1. The minimum atomic E-state index is -0.0598. The Labute approximate surface area is 247 Å². The number of carbonyl (C=O) groups excluding carboxylic acids is 1. The van der Waals surface area contributed by atoms with Crippen LogP contribution in [0.4, 0.5) is 11.4 Å². The highest BCUT2D eigenvalue weighted by atomic mass is 16.5. The summed E-state index contributed by atoms with van der Waals surface area (Å²) in [6.07, 6.45) is 6.25. The minimum Gasteiger partial charge on any atom is -0.475 e. The molecule has 3 aliphatic rings. The zero-order valence-corrected chi connectivity index (χ0v) is 25.1. The smallest absolute Gasteiger partial charge is 0.246 e. The van der Waals surface area contributed by atoms with Crippen molar-refractivity contribution in [2.45, 2.75) is 64.7 Å². The van der Waals surface area contributed by atoms with Crippen LogP contribution in [-0.2, 0) is 17.8 Å². The number of H-pyrrole nitrogens is 1. The van der Waals surface area contributed by atoms with Gasteiger partial charge in [0.1, 0.15) is 18.2 Å². The van der Waals surface area contributed by atoms with Crippen molar-refractivity contribution in [3.05, 3.63) is 53.4 Å². The van der Waals surface area contributed by atoms with Gasteiger partial charge in [-0.2, -0.15) is 10.4 Å². The predicted molar refractivity (Wildman–Crippen MR) is 164 cm³/mol. The molecular weight excluding hydrogens is 528 g/mol. The number of benzene rings is 1. The number of ether oxygens (including phenoxy) is 1. The van der Waals surface area contributed by atoms with E-state index in [1.165, 1.54) is 11.6 Å². The summed E-state index contributed by atoms with van der Waals surface area (Å²) in [6.45, 7) is 14.1. The van der Waals surface area contributed by atoms with E-state index in [2.05, 4.69) is 77.5 Å². The van der Waals surface area contributed by atoms with Crippen molar-refractivity contribution in [3.63, 3.8) is 0 Å². The number of aromatic amines is 1. The fourth-order valence-corrected chi connectivity index (χ4v) is 7.01. The summed E-state index contributed by atoms with van der Waals surface area (Å²) in [4.78, 5) is 26.5. The lowest BCUT2D eigenvalue weighted by Crippen LogP contribution is -2.58. The van der Waals surface area contributed by atoms with E-state index in [0.29, 0.717) is 43.7 Å². The molecule has 3 atom stereocenters. The maximum Gasteiger partial charge on any atom is 0.246 e. The van der Waals surface area contributed by atoms with Gasteiger partial charge in [0.2, 0.25) is 11.8 Å². The van der Waals surface area contributed by atoms with Crippen molar-refractivity contribution >= 4 is 28.2 Å². The molecule has 0 radical (unpaired) electrons. The Bertz CT molecular complexity index is 1560. The van der Waals surface area contributed by atoms with Crippen LogP contribution in [-0.4, -0.2) is 88.8 Å². The highest BCUT2D eigenvalue weighted by Gasteiger charge is 2.37. The Morgan fingerprint density at radius 1 is 1.24 bits per heavy atom. The van der Waals surface area contributed by atoms with Gasteiger partial charge < -0.3 is 24.3 Å². The van der Waals surface area contributed by atoms with Gasteiger partial charge in [-0.1, -0.05) is 12.6 Å². The van der Waals surface area contributed by atoms with Crippen molar-refractivity contribution in [2.24, 2.45) is 0 Å². The lowest BCUT2D eigenvalue weighted by molar-refractivity contribution is -0.128. The van der Waals surface area contributed by atoms with E-state index in [-0.39, 0.29) is 18.0 Å². The molecule has 0 aliphatic carbocycles.